The average Bonchev–Trinajstić information content (AvgIpc) is 2.71. The number of hydrogen-bond acceptors (Lipinski definition) is 3. The van der Waals surface area contributed by atoms with Crippen LogP contribution in [-0.2, 0) is 17.2 Å². The number of nitrogens with zero attached hydrogens (tertiary/aromatic N) is 2. The van der Waals surface area contributed by atoms with Crippen molar-refractivity contribution in [3.63, 3.8) is 0 Å². The lowest BCUT2D eigenvalue weighted by Gasteiger charge is -2.35. The molecule has 0 unspecified atom stereocenters. The molecule has 2 rings (SSSR count). The standard InChI is InChI=1S/C16H22F5N3O2/c1-8(16(19,20)21)26-13(25)22-12-10(14(2,3)4)11(23-24(12)5)9-6-15(17,18)7-9/h8-9H,6-7H2,1-5H3,(H,22,25)/t8-/m1/s1. The van der Waals surface area contributed by atoms with E-state index in [-0.39, 0.29) is 18.7 Å². The first kappa shape index (κ1) is 20.4. The van der Waals surface area contributed by atoms with E-state index in [4.69, 9.17) is 0 Å². The second kappa shape index (κ2) is 6.38. The number of halogens is 5. The lowest BCUT2D eigenvalue weighted by atomic mass is 9.74. The van der Waals surface area contributed by atoms with E-state index in [0.29, 0.717) is 11.3 Å². The first-order valence-electron chi connectivity index (χ1n) is 8.11. The van der Waals surface area contributed by atoms with Gasteiger partial charge in [0.15, 0.2) is 6.10 Å². The zero-order chi connectivity index (χ0) is 20.1. The summed E-state index contributed by atoms with van der Waals surface area (Å²) in [6.45, 7) is 6.13. The smallest absolute Gasteiger partial charge is 0.425 e. The van der Waals surface area contributed by atoms with Crippen LogP contribution in [0, 0.1) is 0 Å². The molecule has 1 aromatic heterocycles. The number of anilines is 1. The minimum atomic E-state index is -4.68. The van der Waals surface area contributed by atoms with Crippen molar-refractivity contribution in [2.45, 2.75) is 70.1 Å². The van der Waals surface area contributed by atoms with Gasteiger partial charge in [0.2, 0.25) is 5.92 Å². The Morgan fingerprint density at radius 1 is 1.31 bits per heavy atom. The normalized spacial score (nSPS) is 19.0. The maximum atomic E-state index is 13.2. The molecular weight excluding hydrogens is 361 g/mol. The van der Waals surface area contributed by atoms with Gasteiger partial charge in [0, 0.05) is 31.4 Å². The number of alkyl halides is 5. The van der Waals surface area contributed by atoms with E-state index in [1.54, 1.807) is 20.8 Å². The number of nitrogens with one attached hydrogen (secondary N) is 1. The Morgan fingerprint density at radius 2 is 1.85 bits per heavy atom. The summed E-state index contributed by atoms with van der Waals surface area (Å²) in [5.74, 6) is -3.07. The summed E-state index contributed by atoms with van der Waals surface area (Å²) < 4.78 is 69.7. The predicted octanol–water partition coefficient (Wildman–Crippen LogP) is 4.73. The molecule has 1 aromatic rings. The predicted molar refractivity (Wildman–Crippen MR) is 84.5 cm³/mol. The van der Waals surface area contributed by atoms with Crippen LogP contribution in [0.1, 0.15) is 57.7 Å². The molecule has 5 nitrogen and oxygen atoms in total. The zero-order valence-electron chi connectivity index (χ0n) is 15.2. The van der Waals surface area contributed by atoms with Gasteiger partial charge in [0.05, 0.1) is 5.69 Å². The number of amides is 1. The number of aromatic nitrogens is 2. The summed E-state index contributed by atoms with van der Waals surface area (Å²) in [5.41, 5.74) is 0.356. The molecule has 0 spiro atoms. The molecule has 1 atom stereocenters. The lowest BCUT2D eigenvalue weighted by Crippen LogP contribution is -2.35. The molecule has 0 aliphatic heterocycles. The van der Waals surface area contributed by atoms with Crippen molar-refractivity contribution < 1.29 is 31.5 Å². The molecule has 0 bridgehead atoms. The number of carbonyl (C=O) groups is 1. The van der Waals surface area contributed by atoms with E-state index in [2.05, 4.69) is 15.2 Å². The molecule has 0 radical (unpaired) electrons. The van der Waals surface area contributed by atoms with Gasteiger partial charge in [-0.05, 0) is 12.3 Å². The number of carbonyl (C=O) groups excluding carboxylic acids is 1. The molecule has 1 saturated carbocycles. The van der Waals surface area contributed by atoms with Gasteiger partial charge in [-0.1, -0.05) is 20.8 Å². The van der Waals surface area contributed by atoms with E-state index >= 15 is 0 Å². The third kappa shape index (κ3) is 4.27. The van der Waals surface area contributed by atoms with Crippen molar-refractivity contribution in [2.75, 3.05) is 5.32 Å². The fraction of sp³-hybridized carbons (Fsp3) is 0.750. The molecule has 148 valence electrons. The highest BCUT2D eigenvalue weighted by atomic mass is 19.4. The molecule has 1 N–H and O–H groups in total. The minimum Gasteiger partial charge on any atom is -0.437 e. The van der Waals surface area contributed by atoms with Crippen LogP contribution in [0.5, 0.6) is 0 Å². The number of rotatable bonds is 3. The third-order valence-corrected chi connectivity index (χ3v) is 4.27. The van der Waals surface area contributed by atoms with Gasteiger partial charge < -0.3 is 4.74 Å². The number of hydrogen-bond donors (Lipinski definition) is 1. The Morgan fingerprint density at radius 3 is 2.27 bits per heavy atom. The number of ether oxygens (including phenoxy) is 1. The Balaban J connectivity index is 2.28. The Kier molecular flexibility index (Phi) is 5.02. The largest absolute Gasteiger partial charge is 0.437 e. The van der Waals surface area contributed by atoms with Crippen molar-refractivity contribution in [1.82, 2.24) is 9.78 Å². The average molecular weight is 383 g/mol. The summed E-state index contributed by atoms with van der Waals surface area (Å²) in [7, 11) is 1.48. The Labute approximate surface area is 147 Å². The van der Waals surface area contributed by atoms with Gasteiger partial charge in [0.1, 0.15) is 5.82 Å². The Bertz CT molecular complexity index is 683. The van der Waals surface area contributed by atoms with Gasteiger partial charge >= 0.3 is 12.3 Å². The van der Waals surface area contributed by atoms with Crippen molar-refractivity contribution >= 4 is 11.9 Å². The maximum Gasteiger partial charge on any atom is 0.425 e. The minimum absolute atomic E-state index is 0.141. The summed E-state index contributed by atoms with van der Waals surface area (Å²) in [6, 6.07) is 0. The topological polar surface area (TPSA) is 56.1 Å². The van der Waals surface area contributed by atoms with Crippen LogP contribution in [0.3, 0.4) is 0 Å². The van der Waals surface area contributed by atoms with Crippen LogP contribution in [0.2, 0.25) is 0 Å². The van der Waals surface area contributed by atoms with Crippen LogP contribution in [0.15, 0.2) is 0 Å². The second-order valence-corrected chi connectivity index (χ2v) is 7.66. The van der Waals surface area contributed by atoms with Crippen molar-refractivity contribution in [3.8, 4) is 0 Å². The quantitative estimate of drug-likeness (QED) is 0.768. The molecule has 26 heavy (non-hydrogen) atoms. The monoisotopic (exact) mass is 383 g/mol. The van der Waals surface area contributed by atoms with Crippen LogP contribution in [-0.4, -0.2) is 34.1 Å². The van der Waals surface area contributed by atoms with E-state index in [1.165, 1.54) is 11.7 Å². The van der Waals surface area contributed by atoms with E-state index < -0.39 is 35.6 Å². The fourth-order valence-electron chi connectivity index (χ4n) is 2.92. The molecule has 0 aromatic carbocycles. The Hall–Kier alpha value is -1.87. The molecule has 1 aliphatic carbocycles. The van der Waals surface area contributed by atoms with Crippen molar-refractivity contribution in [1.29, 1.82) is 0 Å². The molecule has 1 heterocycles. The SMILES string of the molecule is C[C@@H](OC(=O)Nc1c(C(C)(C)C)c(C2CC(F)(F)C2)nn1C)C(F)(F)F. The highest BCUT2D eigenvalue weighted by Gasteiger charge is 2.49. The summed E-state index contributed by atoms with van der Waals surface area (Å²) in [5, 5.41) is 6.52. The molecule has 10 heteroatoms. The van der Waals surface area contributed by atoms with Crippen molar-refractivity contribution in [3.05, 3.63) is 11.3 Å². The van der Waals surface area contributed by atoms with E-state index in [1.807, 2.05) is 0 Å². The highest BCUT2D eigenvalue weighted by Crippen LogP contribution is 2.51. The fourth-order valence-corrected chi connectivity index (χ4v) is 2.92. The van der Waals surface area contributed by atoms with E-state index in [9.17, 15) is 26.7 Å². The first-order valence-corrected chi connectivity index (χ1v) is 8.11. The van der Waals surface area contributed by atoms with Gasteiger partial charge in [-0.3, -0.25) is 10.00 Å². The second-order valence-electron chi connectivity index (χ2n) is 7.66. The summed E-state index contributed by atoms with van der Waals surface area (Å²) in [4.78, 5) is 11.9. The molecule has 1 aliphatic rings. The first-order chi connectivity index (χ1) is 11.6. The van der Waals surface area contributed by atoms with Crippen LogP contribution in [0.25, 0.3) is 0 Å². The van der Waals surface area contributed by atoms with Crippen molar-refractivity contribution in [2.24, 2.45) is 7.05 Å². The molecule has 0 saturated heterocycles. The lowest BCUT2D eigenvalue weighted by molar-refractivity contribution is -0.196. The van der Waals surface area contributed by atoms with Crippen LogP contribution >= 0.6 is 0 Å². The maximum absolute atomic E-state index is 13.2. The van der Waals surface area contributed by atoms with Gasteiger partial charge in [0.25, 0.3) is 0 Å². The van der Waals surface area contributed by atoms with Gasteiger partial charge in [-0.15, -0.1) is 0 Å². The molecule has 1 fully saturated rings. The molecule has 1 amide bonds. The summed E-state index contributed by atoms with van der Waals surface area (Å²) >= 11 is 0. The third-order valence-electron chi connectivity index (χ3n) is 4.27. The zero-order valence-corrected chi connectivity index (χ0v) is 15.2. The van der Waals surface area contributed by atoms with Crippen LogP contribution < -0.4 is 5.32 Å². The van der Waals surface area contributed by atoms with E-state index in [0.717, 1.165) is 6.92 Å². The summed E-state index contributed by atoms with van der Waals surface area (Å²) in [6.07, 6.45) is -8.93. The number of aryl methyl sites for hydroxylation is 1. The highest BCUT2D eigenvalue weighted by molar-refractivity contribution is 5.85. The molecular formula is C16H22F5N3O2. The van der Waals surface area contributed by atoms with Gasteiger partial charge in [-0.2, -0.15) is 18.3 Å². The van der Waals surface area contributed by atoms with Gasteiger partial charge in [-0.25, -0.2) is 13.6 Å². The van der Waals surface area contributed by atoms with Crippen LogP contribution in [0.4, 0.5) is 32.6 Å².